The molecule has 1 heterocycles. The number of ether oxygens (including phenoxy) is 3. The number of nitrogens with one attached hydrogen (secondary N) is 1. The van der Waals surface area contributed by atoms with E-state index >= 15 is 0 Å². The molecule has 4 heteroatoms. The molecule has 0 bridgehead atoms. The van der Waals surface area contributed by atoms with Gasteiger partial charge in [-0.1, -0.05) is 0 Å². The van der Waals surface area contributed by atoms with Crippen LogP contribution in [0.5, 0.6) is 17.2 Å². The lowest BCUT2D eigenvalue weighted by Gasteiger charge is -2.14. The Kier molecular flexibility index (Phi) is 2.59. The zero-order valence-corrected chi connectivity index (χ0v) is 10.2. The molecular weight excluding hydrogens is 218 g/mol. The minimum Gasteiger partial charge on any atom is -0.496 e. The Morgan fingerprint density at radius 3 is 2.71 bits per heavy atom. The number of benzene rings is 1. The van der Waals surface area contributed by atoms with Crippen LogP contribution in [0.25, 0.3) is 0 Å². The fourth-order valence-electron chi connectivity index (χ4n) is 2.25. The van der Waals surface area contributed by atoms with E-state index < -0.39 is 0 Å². The molecule has 1 unspecified atom stereocenters. The summed E-state index contributed by atoms with van der Waals surface area (Å²) in [7, 11) is 3.33. The van der Waals surface area contributed by atoms with Crippen LogP contribution in [0.1, 0.15) is 24.4 Å². The Balaban J connectivity index is 1.94. The first-order chi connectivity index (χ1) is 8.31. The molecule has 4 nitrogen and oxygen atoms in total. The van der Waals surface area contributed by atoms with Crippen molar-refractivity contribution in [1.82, 2.24) is 5.32 Å². The predicted molar refractivity (Wildman–Crippen MR) is 63.9 cm³/mol. The monoisotopic (exact) mass is 235 g/mol. The summed E-state index contributed by atoms with van der Waals surface area (Å²) in [5.74, 6) is 2.49. The minimum atomic E-state index is 0.248. The van der Waals surface area contributed by atoms with Gasteiger partial charge in [-0.3, -0.25) is 0 Å². The van der Waals surface area contributed by atoms with Crippen LogP contribution in [0.15, 0.2) is 12.1 Å². The van der Waals surface area contributed by atoms with Crippen molar-refractivity contribution >= 4 is 0 Å². The van der Waals surface area contributed by atoms with Crippen LogP contribution in [-0.2, 0) is 0 Å². The van der Waals surface area contributed by atoms with Crippen molar-refractivity contribution < 1.29 is 14.2 Å². The molecule has 3 rings (SSSR count). The standard InChI is InChI=1S/C13H17NO3/c1-15-9-5-11(16-2)13-10(14-8-3-4-8)7-17-12(13)6-9/h5-6,8,10,14H,3-4,7H2,1-2H3. The summed E-state index contributed by atoms with van der Waals surface area (Å²) < 4.78 is 16.4. The molecule has 1 atom stereocenters. The Labute approximate surface area is 101 Å². The average Bonchev–Trinajstić information content (AvgIpc) is 3.08. The number of hydrogen-bond donors (Lipinski definition) is 1. The van der Waals surface area contributed by atoms with Gasteiger partial charge in [0.25, 0.3) is 0 Å². The molecule has 0 spiro atoms. The van der Waals surface area contributed by atoms with Crippen LogP contribution in [-0.4, -0.2) is 26.9 Å². The van der Waals surface area contributed by atoms with Crippen molar-refractivity contribution in [3.63, 3.8) is 0 Å². The van der Waals surface area contributed by atoms with Crippen molar-refractivity contribution in [2.45, 2.75) is 24.9 Å². The lowest BCUT2D eigenvalue weighted by atomic mass is 10.1. The molecule has 1 aromatic carbocycles. The highest BCUT2D eigenvalue weighted by Gasteiger charge is 2.33. The van der Waals surface area contributed by atoms with E-state index in [0.717, 1.165) is 22.8 Å². The first-order valence-corrected chi connectivity index (χ1v) is 5.96. The molecule has 17 heavy (non-hydrogen) atoms. The Morgan fingerprint density at radius 1 is 1.24 bits per heavy atom. The summed E-state index contributed by atoms with van der Waals surface area (Å²) in [5.41, 5.74) is 1.13. The second-order valence-electron chi connectivity index (χ2n) is 4.55. The highest BCUT2D eigenvalue weighted by molar-refractivity contribution is 5.54. The van der Waals surface area contributed by atoms with E-state index in [1.54, 1.807) is 14.2 Å². The summed E-state index contributed by atoms with van der Waals surface area (Å²) in [5, 5.41) is 3.58. The van der Waals surface area contributed by atoms with Gasteiger partial charge in [0.05, 0.1) is 25.8 Å². The minimum absolute atomic E-state index is 0.248. The lowest BCUT2D eigenvalue weighted by molar-refractivity contribution is 0.308. The van der Waals surface area contributed by atoms with Crippen molar-refractivity contribution in [1.29, 1.82) is 0 Å². The van der Waals surface area contributed by atoms with Gasteiger partial charge in [0, 0.05) is 18.2 Å². The summed E-state index contributed by atoms with van der Waals surface area (Å²) in [6, 6.07) is 4.74. The van der Waals surface area contributed by atoms with E-state index in [1.165, 1.54) is 12.8 Å². The number of methoxy groups -OCH3 is 2. The van der Waals surface area contributed by atoms with Crippen molar-refractivity contribution in [3.05, 3.63) is 17.7 Å². The molecule has 0 saturated heterocycles. The summed E-state index contributed by atoms with van der Waals surface area (Å²) >= 11 is 0. The van der Waals surface area contributed by atoms with Crippen LogP contribution < -0.4 is 19.5 Å². The van der Waals surface area contributed by atoms with Gasteiger partial charge < -0.3 is 19.5 Å². The molecule has 0 amide bonds. The van der Waals surface area contributed by atoms with Crippen molar-refractivity contribution in [3.8, 4) is 17.2 Å². The van der Waals surface area contributed by atoms with Crippen LogP contribution in [0.4, 0.5) is 0 Å². The summed E-state index contributed by atoms with van der Waals surface area (Å²) in [4.78, 5) is 0. The molecule has 1 fully saturated rings. The average molecular weight is 235 g/mol. The largest absolute Gasteiger partial charge is 0.496 e. The first-order valence-electron chi connectivity index (χ1n) is 5.96. The molecule has 1 aromatic rings. The van der Waals surface area contributed by atoms with Crippen LogP contribution in [0.3, 0.4) is 0 Å². The Hall–Kier alpha value is -1.42. The molecule has 0 aromatic heterocycles. The maximum absolute atomic E-state index is 5.70. The first kappa shape index (κ1) is 10.7. The third-order valence-corrected chi connectivity index (χ3v) is 3.30. The number of fused-ring (bicyclic) bond motifs is 1. The van der Waals surface area contributed by atoms with Gasteiger partial charge in [-0.05, 0) is 12.8 Å². The van der Waals surface area contributed by atoms with Crippen LogP contribution >= 0.6 is 0 Å². The molecule has 1 aliphatic heterocycles. The van der Waals surface area contributed by atoms with E-state index in [2.05, 4.69) is 5.32 Å². The van der Waals surface area contributed by atoms with Crippen molar-refractivity contribution in [2.24, 2.45) is 0 Å². The van der Waals surface area contributed by atoms with Gasteiger partial charge in [-0.15, -0.1) is 0 Å². The number of rotatable bonds is 4. The van der Waals surface area contributed by atoms with Gasteiger partial charge in [0.1, 0.15) is 23.9 Å². The normalized spacial score (nSPS) is 21.9. The van der Waals surface area contributed by atoms with Crippen molar-refractivity contribution in [2.75, 3.05) is 20.8 Å². The molecule has 2 aliphatic rings. The van der Waals surface area contributed by atoms with E-state index in [4.69, 9.17) is 14.2 Å². The van der Waals surface area contributed by atoms with Gasteiger partial charge in [-0.2, -0.15) is 0 Å². The maximum atomic E-state index is 5.70. The van der Waals surface area contributed by atoms with Crippen LogP contribution in [0, 0.1) is 0 Å². The van der Waals surface area contributed by atoms with Gasteiger partial charge in [0.2, 0.25) is 0 Å². The Bertz CT molecular complexity index is 429. The zero-order chi connectivity index (χ0) is 11.8. The van der Waals surface area contributed by atoms with E-state index in [-0.39, 0.29) is 6.04 Å². The molecule has 1 aliphatic carbocycles. The zero-order valence-electron chi connectivity index (χ0n) is 10.2. The molecule has 92 valence electrons. The molecule has 0 radical (unpaired) electrons. The highest BCUT2D eigenvalue weighted by atomic mass is 16.5. The molecule has 1 N–H and O–H groups in total. The Morgan fingerprint density at radius 2 is 2.06 bits per heavy atom. The second-order valence-corrected chi connectivity index (χ2v) is 4.55. The lowest BCUT2D eigenvalue weighted by Crippen LogP contribution is -2.24. The summed E-state index contributed by atoms with van der Waals surface area (Å²) in [6.07, 6.45) is 2.54. The van der Waals surface area contributed by atoms with E-state index in [1.807, 2.05) is 12.1 Å². The van der Waals surface area contributed by atoms with E-state index in [9.17, 15) is 0 Å². The smallest absolute Gasteiger partial charge is 0.131 e. The van der Waals surface area contributed by atoms with Crippen LogP contribution in [0.2, 0.25) is 0 Å². The third-order valence-electron chi connectivity index (χ3n) is 3.30. The predicted octanol–water partition coefficient (Wildman–Crippen LogP) is 1.89. The second kappa shape index (κ2) is 4.11. The fraction of sp³-hybridized carbons (Fsp3) is 0.538. The van der Waals surface area contributed by atoms with Gasteiger partial charge in [0.15, 0.2) is 0 Å². The molecular formula is C13H17NO3. The third kappa shape index (κ3) is 1.93. The van der Waals surface area contributed by atoms with Gasteiger partial charge in [-0.25, -0.2) is 0 Å². The maximum Gasteiger partial charge on any atom is 0.131 e. The number of hydrogen-bond acceptors (Lipinski definition) is 4. The topological polar surface area (TPSA) is 39.7 Å². The van der Waals surface area contributed by atoms with Gasteiger partial charge >= 0.3 is 0 Å². The highest BCUT2D eigenvalue weighted by Crippen LogP contribution is 2.43. The quantitative estimate of drug-likeness (QED) is 0.865. The fourth-order valence-corrected chi connectivity index (χ4v) is 2.25. The summed E-state index contributed by atoms with van der Waals surface area (Å²) in [6.45, 7) is 0.676. The molecule has 1 saturated carbocycles. The van der Waals surface area contributed by atoms with E-state index in [0.29, 0.717) is 12.6 Å². The SMILES string of the molecule is COc1cc(OC)c2c(c1)OCC2NC1CC1.